The Hall–Kier alpha value is -2.80. The average Bonchev–Trinajstić information content (AvgIpc) is 3.39. The Morgan fingerprint density at radius 1 is 1.03 bits per heavy atom. The minimum absolute atomic E-state index is 0.123. The van der Waals surface area contributed by atoms with Gasteiger partial charge in [-0.05, 0) is 55.9 Å². The zero-order valence-corrected chi connectivity index (χ0v) is 21.2. The van der Waals surface area contributed by atoms with Gasteiger partial charge < -0.3 is 4.74 Å². The minimum Gasteiger partial charge on any atom is -0.490 e. The Morgan fingerprint density at radius 2 is 1.80 bits per heavy atom. The molecule has 184 valence electrons. The summed E-state index contributed by atoms with van der Waals surface area (Å²) in [6.07, 6.45) is 10.8. The van der Waals surface area contributed by atoms with E-state index in [1.165, 1.54) is 38.5 Å². The highest BCUT2D eigenvalue weighted by molar-refractivity contribution is 8.13. The van der Waals surface area contributed by atoms with Gasteiger partial charge in [0.15, 0.2) is 11.3 Å². The van der Waals surface area contributed by atoms with Crippen LogP contribution >= 0.6 is 11.8 Å². The van der Waals surface area contributed by atoms with Crippen molar-refractivity contribution in [3.8, 4) is 5.75 Å². The SMILES string of the molecule is CCCCCCCSC1=NN2C(=c3ccccc3=N[C@H]2c2ccc(OC3CCCC3)cc2)C(=O)N1. The van der Waals surface area contributed by atoms with Crippen molar-refractivity contribution in [3.05, 3.63) is 64.7 Å². The van der Waals surface area contributed by atoms with Crippen LogP contribution in [-0.2, 0) is 4.79 Å². The Morgan fingerprint density at radius 3 is 2.60 bits per heavy atom. The van der Waals surface area contributed by atoms with Crippen molar-refractivity contribution < 1.29 is 9.53 Å². The molecule has 2 aromatic carbocycles. The number of fused-ring (bicyclic) bond motifs is 2. The first-order valence-electron chi connectivity index (χ1n) is 13.0. The van der Waals surface area contributed by atoms with E-state index in [4.69, 9.17) is 14.8 Å². The largest absolute Gasteiger partial charge is 0.490 e. The Balaban J connectivity index is 1.39. The van der Waals surface area contributed by atoms with Gasteiger partial charge in [-0.2, -0.15) is 0 Å². The molecule has 0 saturated heterocycles. The van der Waals surface area contributed by atoms with Crippen LogP contribution in [0.25, 0.3) is 5.70 Å². The lowest BCUT2D eigenvalue weighted by Crippen LogP contribution is -2.50. The van der Waals surface area contributed by atoms with Crippen molar-refractivity contribution >= 4 is 28.5 Å². The number of hydrogen-bond acceptors (Lipinski definition) is 6. The third kappa shape index (κ3) is 5.56. The van der Waals surface area contributed by atoms with Gasteiger partial charge in [0.1, 0.15) is 11.4 Å². The Labute approximate surface area is 211 Å². The number of amides is 1. The van der Waals surface area contributed by atoms with Gasteiger partial charge in [-0.15, -0.1) is 5.10 Å². The van der Waals surface area contributed by atoms with E-state index < -0.39 is 6.17 Å². The molecule has 2 aliphatic heterocycles. The van der Waals surface area contributed by atoms with E-state index >= 15 is 0 Å². The molecule has 1 saturated carbocycles. The summed E-state index contributed by atoms with van der Waals surface area (Å²) in [5.41, 5.74) is 1.54. The number of nitrogens with one attached hydrogen (secondary N) is 1. The predicted octanol–water partition coefficient (Wildman–Crippen LogP) is 4.85. The summed E-state index contributed by atoms with van der Waals surface area (Å²) >= 11 is 1.61. The maximum Gasteiger partial charge on any atom is 0.276 e. The number of unbranched alkanes of at least 4 members (excludes halogenated alkanes) is 4. The zero-order valence-electron chi connectivity index (χ0n) is 20.4. The van der Waals surface area contributed by atoms with Crippen LogP contribution in [0.5, 0.6) is 5.75 Å². The van der Waals surface area contributed by atoms with Crippen molar-refractivity contribution in [3.63, 3.8) is 0 Å². The number of para-hydroxylation sites is 1. The molecule has 3 aliphatic rings. The topological polar surface area (TPSA) is 66.3 Å². The van der Waals surface area contributed by atoms with Gasteiger partial charge >= 0.3 is 0 Å². The van der Waals surface area contributed by atoms with E-state index in [9.17, 15) is 4.79 Å². The number of amidine groups is 1. The Kier molecular flexibility index (Phi) is 7.72. The number of benzene rings is 2. The lowest BCUT2D eigenvalue weighted by Gasteiger charge is -2.34. The number of carbonyl (C=O) groups is 1. The van der Waals surface area contributed by atoms with Crippen LogP contribution in [0, 0.1) is 0 Å². The third-order valence-corrected chi connectivity index (χ3v) is 7.74. The molecule has 0 bridgehead atoms. The molecule has 1 amide bonds. The number of carbonyl (C=O) groups excluding carboxylic acids is 1. The second-order valence-electron chi connectivity index (χ2n) is 9.43. The van der Waals surface area contributed by atoms with E-state index in [-0.39, 0.29) is 5.91 Å². The zero-order chi connectivity index (χ0) is 24.0. The van der Waals surface area contributed by atoms with Crippen molar-refractivity contribution in [2.45, 2.75) is 77.0 Å². The van der Waals surface area contributed by atoms with Crippen molar-refractivity contribution in [1.82, 2.24) is 10.3 Å². The van der Waals surface area contributed by atoms with Crippen LogP contribution in [0.4, 0.5) is 0 Å². The van der Waals surface area contributed by atoms with Crippen LogP contribution in [0.1, 0.15) is 76.4 Å². The van der Waals surface area contributed by atoms with Gasteiger partial charge in [0.05, 0.1) is 11.5 Å². The molecule has 5 rings (SSSR count). The summed E-state index contributed by atoms with van der Waals surface area (Å²) in [6, 6.07) is 15.9. The number of nitrogens with zero attached hydrogens (tertiary/aromatic N) is 3. The molecule has 0 aromatic heterocycles. The molecule has 2 aromatic rings. The van der Waals surface area contributed by atoms with Crippen molar-refractivity contribution in [1.29, 1.82) is 0 Å². The summed E-state index contributed by atoms with van der Waals surface area (Å²) in [5.74, 6) is 1.71. The van der Waals surface area contributed by atoms with Crippen LogP contribution in [-0.4, -0.2) is 27.9 Å². The number of hydrazone groups is 1. The maximum atomic E-state index is 13.3. The summed E-state index contributed by atoms with van der Waals surface area (Å²) in [4.78, 5) is 18.3. The average molecular weight is 491 g/mol. The summed E-state index contributed by atoms with van der Waals surface area (Å²) in [7, 11) is 0. The number of ether oxygens (including phenoxy) is 1. The van der Waals surface area contributed by atoms with E-state index in [2.05, 4.69) is 12.2 Å². The fourth-order valence-electron chi connectivity index (χ4n) is 4.90. The normalized spacial score (nSPS) is 19.5. The molecule has 0 radical (unpaired) electrons. The molecule has 6 nitrogen and oxygen atoms in total. The quantitative estimate of drug-likeness (QED) is 0.510. The molecule has 1 N–H and O–H groups in total. The Bertz CT molecular complexity index is 1190. The summed E-state index contributed by atoms with van der Waals surface area (Å²) in [5, 5.41) is 12.0. The second kappa shape index (κ2) is 11.3. The highest BCUT2D eigenvalue weighted by Crippen LogP contribution is 2.32. The standard InChI is InChI=1S/C28H34N4O2S/c1-2-3-4-5-10-19-35-28-30-27(33)25-23-13-8-9-14-24(23)29-26(32(25)31-28)20-15-17-22(18-16-20)34-21-11-6-7-12-21/h8-9,13-18,21,26H,2-7,10-12,19H2,1H3,(H,30,31,33)/t26-/m1/s1. The van der Waals surface area contributed by atoms with E-state index in [1.807, 2.05) is 48.5 Å². The van der Waals surface area contributed by atoms with Gasteiger partial charge in [0.2, 0.25) is 0 Å². The molecule has 1 atom stereocenters. The van der Waals surface area contributed by atoms with Gasteiger partial charge in [-0.25, -0.2) is 5.01 Å². The molecular formula is C28H34N4O2S. The lowest BCUT2D eigenvalue weighted by atomic mass is 10.1. The lowest BCUT2D eigenvalue weighted by molar-refractivity contribution is -0.116. The second-order valence-corrected chi connectivity index (χ2v) is 10.5. The van der Waals surface area contributed by atoms with Gasteiger partial charge in [0, 0.05) is 11.0 Å². The number of thioether (sulfide) groups is 1. The molecule has 7 heteroatoms. The minimum atomic E-state index is -0.397. The molecule has 1 fully saturated rings. The predicted molar refractivity (Wildman–Crippen MR) is 141 cm³/mol. The van der Waals surface area contributed by atoms with E-state index in [0.29, 0.717) is 17.0 Å². The molecule has 2 heterocycles. The van der Waals surface area contributed by atoms with E-state index in [0.717, 1.165) is 46.9 Å². The van der Waals surface area contributed by atoms with Crippen molar-refractivity contribution in [2.24, 2.45) is 10.1 Å². The van der Waals surface area contributed by atoms with Gasteiger partial charge in [-0.3, -0.25) is 15.1 Å². The summed E-state index contributed by atoms with van der Waals surface area (Å²) < 4.78 is 6.15. The fraction of sp³-hybridized carbons (Fsp3) is 0.464. The van der Waals surface area contributed by atoms with Crippen LogP contribution in [0.3, 0.4) is 0 Å². The highest BCUT2D eigenvalue weighted by atomic mass is 32.2. The molecule has 1 aliphatic carbocycles. The first-order valence-corrected chi connectivity index (χ1v) is 14.0. The van der Waals surface area contributed by atoms with Crippen LogP contribution in [0.2, 0.25) is 0 Å². The number of rotatable bonds is 9. The summed E-state index contributed by atoms with van der Waals surface area (Å²) in [6.45, 7) is 2.23. The maximum absolute atomic E-state index is 13.3. The molecule has 0 unspecified atom stereocenters. The van der Waals surface area contributed by atoms with Crippen LogP contribution in [0.15, 0.2) is 58.6 Å². The first kappa shape index (κ1) is 23.9. The van der Waals surface area contributed by atoms with Gasteiger partial charge in [0.25, 0.3) is 5.91 Å². The molecule has 0 spiro atoms. The molecular weight excluding hydrogens is 456 g/mol. The fourth-order valence-corrected chi connectivity index (χ4v) is 5.75. The highest BCUT2D eigenvalue weighted by Gasteiger charge is 2.34. The molecule has 35 heavy (non-hydrogen) atoms. The smallest absolute Gasteiger partial charge is 0.276 e. The third-order valence-electron chi connectivity index (χ3n) is 6.79. The number of hydrogen-bond donors (Lipinski definition) is 1. The van der Waals surface area contributed by atoms with Crippen LogP contribution < -0.4 is 20.6 Å². The van der Waals surface area contributed by atoms with Crippen molar-refractivity contribution in [2.75, 3.05) is 5.75 Å². The van der Waals surface area contributed by atoms with E-state index in [1.54, 1.807) is 16.8 Å². The monoisotopic (exact) mass is 490 g/mol. The first-order chi connectivity index (χ1) is 17.2. The van der Waals surface area contributed by atoms with Gasteiger partial charge in [-0.1, -0.05) is 74.7 Å².